The lowest BCUT2D eigenvalue weighted by Gasteiger charge is -2.18. The highest BCUT2D eigenvalue weighted by atomic mass is 79.9. The molecule has 3 aromatic carbocycles. The van der Waals surface area contributed by atoms with Crippen molar-refractivity contribution in [3.8, 4) is 17.2 Å². The van der Waals surface area contributed by atoms with Gasteiger partial charge in [-0.15, -0.1) is 10.2 Å². The summed E-state index contributed by atoms with van der Waals surface area (Å²) >= 11 is 4.68. The quantitative estimate of drug-likeness (QED) is 0.111. The van der Waals surface area contributed by atoms with Gasteiger partial charge in [0.2, 0.25) is 6.54 Å². The van der Waals surface area contributed by atoms with Crippen LogP contribution < -0.4 is 9.47 Å². The minimum absolute atomic E-state index is 0.0153. The summed E-state index contributed by atoms with van der Waals surface area (Å²) in [5.74, 6) is 1.42. The van der Waals surface area contributed by atoms with E-state index >= 15 is 0 Å². The smallest absolute Gasteiger partial charge is 0.220 e. The molecule has 0 saturated carbocycles. The van der Waals surface area contributed by atoms with E-state index in [-0.39, 0.29) is 23.9 Å². The van der Waals surface area contributed by atoms with E-state index in [1.54, 1.807) is 36.4 Å². The number of aryl methyl sites for hydroxylation is 1. The maximum atomic E-state index is 14.1. The Bertz CT molecular complexity index is 1380. The second-order valence-corrected chi connectivity index (χ2v) is 10.1. The van der Waals surface area contributed by atoms with Crippen LogP contribution >= 0.6 is 27.7 Å². The lowest BCUT2D eigenvalue weighted by atomic mass is 10.1. The normalized spacial score (nSPS) is 11.8. The topological polar surface area (TPSA) is 92.3 Å². The summed E-state index contributed by atoms with van der Waals surface area (Å²) in [6, 6.07) is 19.1. The first-order valence-corrected chi connectivity index (χ1v) is 13.1. The molecule has 1 aromatic heterocycles. The molecule has 11 heteroatoms. The third-order valence-corrected chi connectivity index (χ3v) is 7.08. The van der Waals surface area contributed by atoms with E-state index < -0.39 is 5.25 Å². The predicted molar refractivity (Wildman–Crippen MR) is 143 cm³/mol. The molecule has 4 rings (SSSR count). The summed E-state index contributed by atoms with van der Waals surface area (Å²) < 4.78 is 28.2. The summed E-state index contributed by atoms with van der Waals surface area (Å²) in [6.07, 6.45) is 0. The fourth-order valence-corrected chi connectivity index (χ4v) is 5.28. The molecule has 0 bridgehead atoms. The van der Waals surface area contributed by atoms with Crippen LogP contribution in [0.25, 0.3) is 5.69 Å². The molecule has 1 atom stereocenters. The molecule has 0 aliphatic heterocycles. The van der Waals surface area contributed by atoms with Crippen LogP contribution in [0.1, 0.15) is 29.1 Å². The molecule has 192 valence electrons. The fourth-order valence-electron chi connectivity index (χ4n) is 3.71. The minimum Gasteiger partial charge on any atom is -0.494 e. The van der Waals surface area contributed by atoms with E-state index in [2.05, 4.69) is 26.1 Å². The number of aromatic nitrogens is 3. The largest absolute Gasteiger partial charge is 0.494 e. The highest BCUT2D eigenvalue weighted by molar-refractivity contribution is 9.10. The zero-order valence-corrected chi connectivity index (χ0v) is 22.5. The lowest BCUT2D eigenvalue weighted by Crippen LogP contribution is -2.13. The summed E-state index contributed by atoms with van der Waals surface area (Å²) in [7, 11) is 0. The first-order chi connectivity index (χ1) is 17.9. The van der Waals surface area contributed by atoms with Gasteiger partial charge in [0.1, 0.15) is 35.0 Å². The van der Waals surface area contributed by atoms with Crippen molar-refractivity contribution in [3.05, 3.63) is 104 Å². The molecular weight excluding hydrogens is 563 g/mol. The van der Waals surface area contributed by atoms with E-state index in [0.717, 1.165) is 15.9 Å². The second kappa shape index (κ2) is 12.2. The lowest BCUT2D eigenvalue weighted by molar-refractivity contribution is -0.479. The zero-order chi connectivity index (χ0) is 26.4. The molecule has 1 heterocycles. The number of benzene rings is 3. The summed E-state index contributed by atoms with van der Waals surface area (Å²) in [5, 5.41) is 20.0. The average molecular weight is 587 g/mol. The van der Waals surface area contributed by atoms with Crippen LogP contribution in [-0.2, 0) is 6.61 Å². The Morgan fingerprint density at radius 1 is 1.11 bits per heavy atom. The Labute approximate surface area is 226 Å². The Morgan fingerprint density at radius 2 is 1.86 bits per heavy atom. The van der Waals surface area contributed by atoms with Gasteiger partial charge >= 0.3 is 0 Å². The molecule has 8 nitrogen and oxygen atoms in total. The Hall–Kier alpha value is -3.44. The molecule has 0 aliphatic carbocycles. The fraction of sp³-hybridized carbons (Fsp3) is 0.231. The van der Waals surface area contributed by atoms with E-state index in [9.17, 15) is 14.5 Å². The Kier molecular flexibility index (Phi) is 8.78. The highest BCUT2D eigenvalue weighted by Crippen LogP contribution is 2.41. The second-order valence-electron chi connectivity index (χ2n) is 7.98. The van der Waals surface area contributed by atoms with Crippen molar-refractivity contribution in [3.63, 3.8) is 0 Å². The van der Waals surface area contributed by atoms with Crippen molar-refractivity contribution in [1.29, 1.82) is 0 Å². The highest BCUT2D eigenvalue weighted by Gasteiger charge is 2.27. The summed E-state index contributed by atoms with van der Waals surface area (Å²) in [6.45, 7) is 3.89. The van der Waals surface area contributed by atoms with Gasteiger partial charge < -0.3 is 9.47 Å². The van der Waals surface area contributed by atoms with Crippen LogP contribution in [0.4, 0.5) is 4.39 Å². The van der Waals surface area contributed by atoms with E-state index in [1.807, 2.05) is 42.7 Å². The van der Waals surface area contributed by atoms with Gasteiger partial charge in [0.25, 0.3) is 0 Å². The van der Waals surface area contributed by atoms with Crippen molar-refractivity contribution >= 4 is 27.7 Å². The maximum Gasteiger partial charge on any atom is 0.220 e. The Morgan fingerprint density at radius 3 is 2.57 bits per heavy atom. The SMILES string of the molecule is CCOc1ccc(-n2c(C)nnc2S[C@@H](C[N+](=O)[O-])c2cc(Br)ccc2OCc2ccccc2F)cc1. The summed E-state index contributed by atoms with van der Waals surface area (Å²) in [5.41, 5.74) is 1.78. The molecule has 0 unspecified atom stereocenters. The number of thioether (sulfide) groups is 1. The van der Waals surface area contributed by atoms with E-state index in [4.69, 9.17) is 9.47 Å². The summed E-state index contributed by atoms with van der Waals surface area (Å²) in [4.78, 5) is 11.3. The van der Waals surface area contributed by atoms with Gasteiger partial charge in [-0.05, 0) is 62.4 Å². The van der Waals surface area contributed by atoms with Crippen LogP contribution in [0.5, 0.6) is 11.5 Å². The molecule has 0 aliphatic rings. The number of hydrogen-bond donors (Lipinski definition) is 0. The molecule has 0 fully saturated rings. The van der Waals surface area contributed by atoms with Crippen LogP contribution in [0, 0.1) is 22.9 Å². The van der Waals surface area contributed by atoms with Crippen LogP contribution in [-0.4, -0.2) is 32.8 Å². The number of halogens is 2. The number of nitro groups is 1. The molecular formula is C26H24BrFN4O4S. The van der Waals surface area contributed by atoms with Crippen molar-refractivity contribution in [2.24, 2.45) is 0 Å². The predicted octanol–water partition coefficient (Wildman–Crippen LogP) is 6.57. The van der Waals surface area contributed by atoms with Crippen LogP contribution in [0.15, 0.2) is 76.4 Å². The molecule has 37 heavy (non-hydrogen) atoms. The molecule has 0 spiro atoms. The van der Waals surface area contributed by atoms with Gasteiger partial charge in [-0.1, -0.05) is 45.9 Å². The van der Waals surface area contributed by atoms with Crippen LogP contribution in [0.3, 0.4) is 0 Å². The monoisotopic (exact) mass is 586 g/mol. The number of nitrogens with zero attached hydrogens (tertiary/aromatic N) is 4. The average Bonchev–Trinajstić information content (AvgIpc) is 3.24. The standard InChI is InChI=1S/C26H24BrFN4O4S/c1-3-35-21-11-9-20(10-12-21)32-17(2)29-30-26(32)37-25(15-31(33)34)22-14-19(27)8-13-24(22)36-16-18-6-4-5-7-23(18)28/h4-14,25H,3,15-16H2,1-2H3/t25-/m0/s1. The molecule has 4 aromatic rings. The molecule has 0 N–H and O–H groups in total. The number of ether oxygens (including phenoxy) is 2. The van der Waals surface area contributed by atoms with Gasteiger partial charge in [-0.2, -0.15) is 0 Å². The van der Waals surface area contributed by atoms with Crippen molar-refractivity contribution in [2.45, 2.75) is 30.9 Å². The minimum atomic E-state index is -0.659. The molecule has 0 radical (unpaired) electrons. The Balaban J connectivity index is 1.66. The van der Waals surface area contributed by atoms with Gasteiger partial charge in [0.15, 0.2) is 5.16 Å². The van der Waals surface area contributed by atoms with Gasteiger partial charge in [0, 0.05) is 26.2 Å². The van der Waals surface area contributed by atoms with Crippen molar-refractivity contribution in [1.82, 2.24) is 14.8 Å². The van der Waals surface area contributed by atoms with Crippen molar-refractivity contribution < 1.29 is 18.8 Å². The van der Waals surface area contributed by atoms with Gasteiger partial charge in [-0.3, -0.25) is 14.7 Å². The van der Waals surface area contributed by atoms with Gasteiger partial charge in [0.05, 0.1) is 6.61 Å². The third kappa shape index (κ3) is 6.66. The first kappa shape index (κ1) is 26.6. The first-order valence-electron chi connectivity index (χ1n) is 11.4. The molecule has 0 saturated heterocycles. The maximum absolute atomic E-state index is 14.1. The number of rotatable bonds is 11. The van der Waals surface area contributed by atoms with Gasteiger partial charge in [-0.25, -0.2) is 4.39 Å². The van der Waals surface area contributed by atoms with Crippen molar-refractivity contribution in [2.75, 3.05) is 13.2 Å². The van der Waals surface area contributed by atoms with E-state index in [0.29, 0.717) is 34.5 Å². The molecule has 0 amide bonds. The number of hydrogen-bond acceptors (Lipinski definition) is 7. The van der Waals surface area contributed by atoms with E-state index in [1.165, 1.54) is 17.8 Å². The van der Waals surface area contributed by atoms with Crippen LogP contribution in [0.2, 0.25) is 0 Å². The zero-order valence-electron chi connectivity index (χ0n) is 20.1. The third-order valence-electron chi connectivity index (χ3n) is 5.42.